The highest BCUT2D eigenvalue weighted by atomic mass is 35.5. The molecule has 0 bridgehead atoms. The number of hydrogen-bond acceptors (Lipinski definition) is 5. The second kappa shape index (κ2) is 8.62. The summed E-state index contributed by atoms with van der Waals surface area (Å²) < 4.78 is 5.03. The fourth-order valence-electron chi connectivity index (χ4n) is 2.45. The number of hydrogen-bond donors (Lipinski definition) is 0. The van der Waals surface area contributed by atoms with Gasteiger partial charge in [-0.25, -0.2) is 4.79 Å². The van der Waals surface area contributed by atoms with Crippen molar-refractivity contribution in [3.05, 3.63) is 71.2 Å². The predicted octanol–water partition coefficient (Wildman–Crippen LogP) is 6.67. The third-order valence-corrected chi connectivity index (χ3v) is 5.61. The van der Waals surface area contributed by atoms with Crippen LogP contribution in [-0.2, 0) is 4.74 Å². The van der Waals surface area contributed by atoms with E-state index < -0.39 is 0 Å². The van der Waals surface area contributed by atoms with Gasteiger partial charge in [-0.05, 0) is 60.1 Å². The summed E-state index contributed by atoms with van der Waals surface area (Å²) in [7, 11) is 0. The first-order valence-electron chi connectivity index (χ1n) is 7.92. The molecule has 6 heteroatoms. The molecule has 132 valence electrons. The monoisotopic (exact) mass is 402 g/mol. The lowest BCUT2D eigenvalue weighted by atomic mass is 10.1. The number of thioether (sulfide) groups is 2. The van der Waals surface area contributed by atoms with Gasteiger partial charge in [0.15, 0.2) is 0 Å². The Morgan fingerprint density at radius 1 is 0.962 bits per heavy atom. The summed E-state index contributed by atoms with van der Waals surface area (Å²) in [5.41, 5.74) is 0.537. The Morgan fingerprint density at radius 2 is 1.62 bits per heavy atom. The minimum Gasteiger partial charge on any atom is -0.458 e. The average molecular weight is 403 g/mol. The van der Waals surface area contributed by atoms with Gasteiger partial charge < -0.3 is 4.74 Å². The lowest BCUT2D eigenvalue weighted by Gasteiger charge is -2.10. The van der Waals surface area contributed by atoms with E-state index in [-0.39, 0.29) is 10.4 Å². The molecule has 0 amide bonds. The van der Waals surface area contributed by atoms with Crippen LogP contribution in [0.15, 0.2) is 70.5 Å². The van der Waals surface area contributed by atoms with Crippen molar-refractivity contribution in [3.8, 4) is 0 Å². The highest BCUT2D eigenvalue weighted by molar-refractivity contribution is 8.14. The molecule has 0 fully saturated rings. The van der Waals surface area contributed by atoms with Gasteiger partial charge in [0.1, 0.15) is 0 Å². The molecule has 0 aromatic heterocycles. The molecule has 0 N–H and O–H groups in total. The number of fused-ring (bicyclic) bond motifs is 1. The van der Waals surface area contributed by atoms with E-state index >= 15 is 0 Å². The van der Waals surface area contributed by atoms with Crippen LogP contribution in [0.3, 0.4) is 0 Å². The summed E-state index contributed by atoms with van der Waals surface area (Å²) >= 11 is 8.14. The molecule has 3 aromatic rings. The van der Waals surface area contributed by atoms with E-state index in [0.717, 1.165) is 44.1 Å². The molecule has 0 atom stereocenters. The number of rotatable bonds is 4. The van der Waals surface area contributed by atoms with Crippen LogP contribution in [0.4, 0.5) is 4.79 Å². The molecule has 0 aliphatic rings. The highest BCUT2D eigenvalue weighted by Gasteiger charge is 2.15. The second-order valence-electron chi connectivity index (χ2n) is 5.30. The molecule has 0 aliphatic carbocycles. The quantitative estimate of drug-likeness (QED) is 0.360. The standard InChI is InChI=1S/C20H15ClO3S2/c1-2-24-20(23)26-17-11-5-7-13-6-4-10-16(18(13)17)25-19(22)14-8-3-9-15(21)12-14/h3-12H,2H2,1H3. The van der Waals surface area contributed by atoms with E-state index in [4.69, 9.17) is 16.3 Å². The number of benzene rings is 3. The Kier molecular flexibility index (Phi) is 6.25. The van der Waals surface area contributed by atoms with E-state index in [9.17, 15) is 9.59 Å². The summed E-state index contributed by atoms with van der Waals surface area (Å²) in [6, 6.07) is 18.3. The molecule has 0 radical (unpaired) electrons. The minimum absolute atomic E-state index is 0.101. The highest BCUT2D eigenvalue weighted by Crippen LogP contribution is 2.37. The Balaban J connectivity index is 1.97. The zero-order valence-corrected chi connectivity index (χ0v) is 16.3. The average Bonchev–Trinajstić information content (AvgIpc) is 2.62. The van der Waals surface area contributed by atoms with Gasteiger partial charge in [0.05, 0.1) is 6.61 Å². The smallest absolute Gasteiger partial charge is 0.372 e. The van der Waals surface area contributed by atoms with Gasteiger partial charge in [-0.3, -0.25) is 4.79 Å². The molecule has 0 heterocycles. The van der Waals surface area contributed by atoms with Crippen LogP contribution in [0.25, 0.3) is 10.8 Å². The van der Waals surface area contributed by atoms with E-state index in [1.54, 1.807) is 31.2 Å². The first kappa shape index (κ1) is 18.8. The molecule has 0 saturated heterocycles. The van der Waals surface area contributed by atoms with Crippen LogP contribution in [0, 0.1) is 0 Å². The Morgan fingerprint density at radius 3 is 2.27 bits per heavy atom. The molecule has 3 nitrogen and oxygen atoms in total. The normalized spacial score (nSPS) is 10.7. The van der Waals surface area contributed by atoms with Gasteiger partial charge in [0.25, 0.3) is 0 Å². The van der Waals surface area contributed by atoms with Crippen LogP contribution in [0.5, 0.6) is 0 Å². The summed E-state index contributed by atoms with van der Waals surface area (Å²) in [4.78, 5) is 26.1. The van der Waals surface area contributed by atoms with Crippen molar-refractivity contribution in [3.63, 3.8) is 0 Å². The van der Waals surface area contributed by atoms with E-state index in [2.05, 4.69) is 0 Å². The first-order chi connectivity index (χ1) is 12.6. The summed E-state index contributed by atoms with van der Waals surface area (Å²) in [6.07, 6.45) is 0. The zero-order valence-electron chi connectivity index (χ0n) is 13.9. The van der Waals surface area contributed by atoms with Crippen molar-refractivity contribution in [2.75, 3.05) is 6.61 Å². The largest absolute Gasteiger partial charge is 0.458 e. The molecule has 26 heavy (non-hydrogen) atoms. The third kappa shape index (κ3) is 4.41. The molecular weight excluding hydrogens is 388 g/mol. The SMILES string of the molecule is CCOC(=O)Sc1cccc2cccc(SC(=O)c3cccc(Cl)c3)c12. The maximum absolute atomic E-state index is 12.7. The fraction of sp³-hybridized carbons (Fsp3) is 0.100. The fourth-order valence-corrected chi connectivity index (χ4v) is 4.46. The van der Waals surface area contributed by atoms with Gasteiger partial charge in [0, 0.05) is 25.8 Å². The van der Waals surface area contributed by atoms with Crippen LogP contribution in [0.1, 0.15) is 17.3 Å². The minimum atomic E-state index is -0.360. The Labute approximate surface area is 165 Å². The molecule has 3 aromatic carbocycles. The van der Waals surface area contributed by atoms with Crippen LogP contribution >= 0.6 is 35.1 Å². The topological polar surface area (TPSA) is 43.4 Å². The van der Waals surface area contributed by atoms with Crippen molar-refractivity contribution in [2.24, 2.45) is 0 Å². The number of carbonyl (C=O) groups excluding carboxylic acids is 2. The van der Waals surface area contributed by atoms with Crippen LogP contribution in [0.2, 0.25) is 5.02 Å². The second-order valence-corrected chi connectivity index (χ2v) is 7.72. The van der Waals surface area contributed by atoms with Gasteiger partial charge in [-0.1, -0.05) is 48.0 Å². The molecular formula is C20H15ClO3S2. The molecule has 0 spiro atoms. The number of ether oxygens (including phenoxy) is 1. The van der Waals surface area contributed by atoms with Crippen molar-refractivity contribution in [1.82, 2.24) is 0 Å². The number of halogens is 1. The molecule has 0 saturated carbocycles. The molecule has 0 unspecified atom stereocenters. The van der Waals surface area contributed by atoms with Gasteiger partial charge in [-0.15, -0.1) is 0 Å². The third-order valence-electron chi connectivity index (χ3n) is 3.55. The maximum atomic E-state index is 12.7. The maximum Gasteiger partial charge on any atom is 0.372 e. The predicted molar refractivity (Wildman–Crippen MR) is 108 cm³/mol. The lowest BCUT2D eigenvalue weighted by Crippen LogP contribution is -1.97. The summed E-state index contributed by atoms with van der Waals surface area (Å²) in [5.74, 6) is 0. The molecule has 0 aliphatic heterocycles. The van der Waals surface area contributed by atoms with Crippen LogP contribution < -0.4 is 0 Å². The van der Waals surface area contributed by atoms with Crippen molar-refractivity contribution >= 4 is 56.3 Å². The van der Waals surface area contributed by atoms with Crippen LogP contribution in [-0.4, -0.2) is 17.0 Å². The Bertz CT molecular complexity index is 967. The van der Waals surface area contributed by atoms with Gasteiger partial charge in [0.2, 0.25) is 5.12 Å². The van der Waals surface area contributed by atoms with Gasteiger partial charge >= 0.3 is 5.30 Å². The number of carbonyl (C=O) groups is 2. The van der Waals surface area contributed by atoms with Crippen molar-refractivity contribution in [1.29, 1.82) is 0 Å². The first-order valence-corrected chi connectivity index (χ1v) is 9.93. The Hall–Kier alpha value is -1.95. The molecule has 3 rings (SSSR count). The summed E-state index contributed by atoms with van der Waals surface area (Å²) in [6.45, 7) is 2.10. The van der Waals surface area contributed by atoms with Crippen molar-refractivity contribution in [2.45, 2.75) is 16.7 Å². The lowest BCUT2D eigenvalue weighted by molar-refractivity contribution is 0.108. The van der Waals surface area contributed by atoms with Gasteiger partial charge in [-0.2, -0.15) is 0 Å². The van der Waals surface area contributed by atoms with Crippen molar-refractivity contribution < 1.29 is 14.3 Å². The van der Waals surface area contributed by atoms with E-state index in [0.29, 0.717) is 17.2 Å². The van der Waals surface area contributed by atoms with E-state index in [1.165, 1.54) is 0 Å². The van der Waals surface area contributed by atoms with E-state index in [1.807, 2.05) is 36.4 Å². The summed E-state index contributed by atoms with van der Waals surface area (Å²) in [5, 5.41) is 1.89. The zero-order chi connectivity index (χ0) is 18.5.